The van der Waals surface area contributed by atoms with Gasteiger partial charge in [-0.2, -0.15) is 0 Å². The maximum Gasteiger partial charge on any atom is 0.330 e. The highest BCUT2D eigenvalue weighted by Crippen LogP contribution is 2.40. The minimum Gasteiger partial charge on any atom is -0.508 e. The molecular weight excluding hydrogens is 888 g/mol. The summed E-state index contributed by atoms with van der Waals surface area (Å²) >= 11 is 0. The molecule has 2 aromatic rings. The molecule has 2 saturated heterocycles. The molecule has 3 heterocycles. The number of esters is 3. The molecular formula is C42H42O24. The van der Waals surface area contributed by atoms with Gasteiger partial charge in [-0.1, -0.05) is 6.07 Å². The van der Waals surface area contributed by atoms with Gasteiger partial charge in [0.2, 0.25) is 12.6 Å². The van der Waals surface area contributed by atoms with Crippen LogP contribution in [-0.4, -0.2) is 167 Å². The Hall–Kier alpha value is -7.19. The summed E-state index contributed by atoms with van der Waals surface area (Å²) in [5.41, 5.74) is 0.512. The smallest absolute Gasteiger partial charge is 0.330 e. The number of carbonyl (C=O) groups excluding carboxylic acids is 3. The molecule has 2 fully saturated rings. The van der Waals surface area contributed by atoms with Crippen molar-refractivity contribution in [2.45, 2.75) is 80.4 Å². The fourth-order valence-electron chi connectivity index (χ4n) is 6.68. The third kappa shape index (κ3) is 11.7. The summed E-state index contributed by atoms with van der Waals surface area (Å²) in [4.78, 5) is 59.1. The Balaban J connectivity index is 1.26. The highest BCUT2D eigenvalue weighted by Gasteiger charge is 2.50. The molecule has 11 N–H and O–H groups in total. The molecule has 24 heteroatoms. The normalized spacial score (nSPS) is 28.4. The van der Waals surface area contributed by atoms with Crippen LogP contribution in [0, 0.1) is 0 Å². The minimum absolute atomic E-state index is 0.0276. The van der Waals surface area contributed by atoms with E-state index in [0.717, 1.165) is 12.2 Å². The SMILES string of the molecule is O=C(O)CC(=O)OC[C@H]1O[C@@H](OC2=CC(O)=CC3OC(c4ccc(O)cc4)=C(O[C@@H]4O[C@H](COC(=O)/C=C/c5ccc(O)c(O)c5)[C@@H](O)[C@H](O)[C@H]4O)C=C23)[C@H](O)[C@@H](O)[C@@H]1OC(=O)CC(=O)O. The van der Waals surface area contributed by atoms with E-state index in [1.54, 1.807) is 0 Å². The van der Waals surface area contributed by atoms with Gasteiger partial charge in [-0.25, -0.2) is 4.79 Å². The van der Waals surface area contributed by atoms with Crippen LogP contribution < -0.4 is 0 Å². The Labute approximate surface area is 370 Å². The van der Waals surface area contributed by atoms with Crippen molar-refractivity contribution in [1.29, 1.82) is 0 Å². The average Bonchev–Trinajstić information content (AvgIpc) is 3.25. The molecule has 4 aliphatic rings. The van der Waals surface area contributed by atoms with Crippen molar-refractivity contribution in [2.24, 2.45) is 0 Å². The molecule has 0 radical (unpaired) electrons. The van der Waals surface area contributed by atoms with E-state index in [1.165, 1.54) is 60.7 Å². The summed E-state index contributed by atoms with van der Waals surface area (Å²) in [7, 11) is 0. The van der Waals surface area contributed by atoms with E-state index in [2.05, 4.69) is 0 Å². The van der Waals surface area contributed by atoms with Crippen LogP contribution in [0.2, 0.25) is 0 Å². The monoisotopic (exact) mass is 930 g/mol. The lowest BCUT2D eigenvalue weighted by molar-refractivity contribution is -0.294. The second-order valence-corrected chi connectivity index (χ2v) is 14.7. The van der Waals surface area contributed by atoms with Crippen LogP contribution in [0.15, 0.2) is 89.6 Å². The van der Waals surface area contributed by atoms with Gasteiger partial charge in [-0.05, 0) is 54.1 Å². The summed E-state index contributed by atoms with van der Waals surface area (Å²) in [6.07, 6.45) is -16.9. The molecule has 1 aliphatic carbocycles. The highest BCUT2D eigenvalue weighted by molar-refractivity contribution is 5.90. The number of aromatic hydroxyl groups is 3. The van der Waals surface area contributed by atoms with Gasteiger partial charge in [0.15, 0.2) is 29.1 Å². The van der Waals surface area contributed by atoms with Crippen molar-refractivity contribution < 1.29 is 118 Å². The molecule has 3 aliphatic heterocycles. The first-order valence-corrected chi connectivity index (χ1v) is 19.5. The van der Waals surface area contributed by atoms with Gasteiger partial charge in [0.05, 0.1) is 0 Å². The number of phenols is 3. The van der Waals surface area contributed by atoms with Crippen LogP contribution in [0.25, 0.3) is 11.8 Å². The molecule has 0 aromatic heterocycles. The van der Waals surface area contributed by atoms with Crippen molar-refractivity contribution in [3.8, 4) is 17.2 Å². The van der Waals surface area contributed by atoms with Gasteiger partial charge >= 0.3 is 29.8 Å². The predicted octanol–water partition coefficient (Wildman–Crippen LogP) is -0.915. The number of aliphatic hydroxyl groups excluding tert-OH is 6. The third-order valence-corrected chi connectivity index (χ3v) is 9.94. The molecule has 0 amide bonds. The van der Waals surface area contributed by atoms with E-state index in [0.29, 0.717) is 5.56 Å². The lowest BCUT2D eigenvalue weighted by Gasteiger charge is -2.42. The Morgan fingerprint density at radius 1 is 0.667 bits per heavy atom. The van der Waals surface area contributed by atoms with Crippen LogP contribution in [0.4, 0.5) is 0 Å². The number of ether oxygens (including phenoxy) is 8. The number of benzene rings is 2. The first-order valence-electron chi connectivity index (χ1n) is 19.5. The number of aliphatic hydroxyl groups is 6. The Bertz CT molecular complexity index is 2330. The molecule has 66 heavy (non-hydrogen) atoms. The van der Waals surface area contributed by atoms with Crippen LogP contribution in [-0.2, 0) is 61.9 Å². The van der Waals surface area contributed by atoms with Crippen LogP contribution in [0.5, 0.6) is 17.2 Å². The number of carbonyl (C=O) groups is 5. The van der Waals surface area contributed by atoms with E-state index in [1.807, 2.05) is 0 Å². The Morgan fingerprint density at radius 3 is 1.98 bits per heavy atom. The largest absolute Gasteiger partial charge is 0.508 e. The fourth-order valence-corrected chi connectivity index (χ4v) is 6.68. The van der Waals surface area contributed by atoms with Crippen molar-refractivity contribution in [2.75, 3.05) is 13.2 Å². The zero-order valence-electron chi connectivity index (χ0n) is 33.8. The molecule has 1 unspecified atom stereocenters. The van der Waals surface area contributed by atoms with Gasteiger partial charge in [0.25, 0.3) is 0 Å². The lowest BCUT2D eigenvalue weighted by Crippen LogP contribution is -2.60. The zero-order chi connectivity index (χ0) is 48.0. The van der Waals surface area contributed by atoms with Crippen molar-refractivity contribution >= 4 is 41.7 Å². The predicted molar refractivity (Wildman–Crippen MR) is 211 cm³/mol. The van der Waals surface area contributed by atoms with Crippen molar-refractivity contribution in [3.63, 3.8) is 0 Å². The third-order valence-electron chi connectivity index (χ3n) is 9.94. The van der Waals surface area contributed by atoms with Crippen molar-refractivity contribution in [1.82, 2.24) is 0 Å². The standard InChI is InChI=1S/C42H42O24/c43-19-5-3-18(4-6-19)39-26(63-41-37(57)35(55)34(54)27(64-41)15-59-31(51)8-2-17-1-7-22(45)23(46)9-17)12-21-24(61-39)10-20(44)11-25(21)62-42-38(58)36(56)40(66-33(53)14-30(49)50)28(65-42)16-60-32(52)13-29(47)48/h1-12,24,27-28,34-38,40-46,54-58H,13-16H2,(H,47,48)(H,49,50)/b8-2+/t24?,27-,28-,34-,35+,36-,37-,38-,40-,41-,42-/m1/s1. The number of rotatable bonds is 16. The summed E-state index contributed by atoms with van der Waals surface area (Å²) in [6, 6.07) is 9.12. The molecule has 11 atom stereocenters. The summed E-state index contributed by atoms with van der Waals surface area (Å²) in [6.45, 7) is -1.61. The first-order chi connectivity index (χ1) is 31.3. The van der Waals surface area contributed by atoms with E-state index in [4.69, 9.17) is 48.1 Å². The van der Waals surface area contributed by atoms with Crippen LogP contribution >= 0.6 is 0 Å². The number of carboxylic acids is 2. The van der Waals surface area contributed by atoms with E-state index in [9.17, 15) is 69.9 Å². The summed E-state index contributed by atoms with van der Waals surface area (Å²) in [5, 5.41) is 113. The van der Waals surface area contributed by atoms with E-state index < -0.39 is 135 Å². The van der Waals surface area contributed by atoms with Crippen LogP contribution in [0.3, 0.4) is 0 Å². The topological polar surface area (TPSA) is 382 Å². The molecule has 0 spiro atoms. The van der Waals surface area contributed by atoms with Crippen molar-refractivity contribution in [3.05, 3.63) is 101 Å². The number of aliphatic carboxylic acids is 2. The number of hydrogen-bond donors (Lipinski definition) is 11. The fraction of sp³-hybridized carbons (Fsp3) is 0.357. The number of fused-ring (bicyclic) bond motifs is 1. The molecule has 0 saturated carbocycles. The summed E-state index contributed by atoms with van der Waals surface area (Å²) < 4.78 is 44.8. The maximum absolute atomic E-state index is 12.6. The molecule has 2 aromatic carbocycles. The second-order valence-electron chi connectivity index (χ2n) is 14.7. The number of allylic oxidation sites excluding steroid dienone is 2. The average molecular weight is 931 g/mol. The molecule has 6 rings (SSSR count). The molecule has 354 valence electrons. The molecule has 24 nitrogen and oxygen atoms in total. The Morgan fingerprint density at radius 2 is 1.30 bits per heavy atom. The summed E-state index contributed by atoms with van der Waals surface area (Å²) in [5.74, 6) is -9.07. The zero-order valence-corrected chi connectivity index (χ0v) is 33.8. The van der Waals surface area contributed by atoms with Crippen LogP contribution in [0.1, 0.15) is 24.0 Å². The second kappa shape index (κ2) is 20.8. The van der Waals surface area contributed by atoms with E-state index >= 15 is 0 Å². The maximum atomic E-state index is 12.6. The number of hydrogen-bond acceptors (Lipinski definition) is 22. The number of phenolic OH excluding ortho intramolecular Hbond substituents is 3. The number of carboxylic acid groups (broad SMARTS) is 2. The first kappa shape index (κ1) is 48.3. The minimum atomic E-state index is -2.13. The van der Waals surface area contributed by atoms with Gasteiger partial charge < -0.3 is 94.1 Å². The van der Waals surface area contributed by atoms with E-state index in [-0.39, 0.29) is 39.9 Å². The highest BCUT2D eigenvalue weighted by atomic mass is 16.7. The lowest BCUT2D eigenvalue weighted by atomic mass is 9.96. The Kier molecular flexibility index (Phi) is 15.2. The van der Waals surface area contributed by atoms with Gasteiger partial charge in [0, 0.05) is 29.4 Å². The quantitative estimate of drug-likeness (QED) is 0.0319. The molecule has 0 bridgehead atoms. The van der Waals surface area contributed by atoms with Gasteiger partial charge in [-0.15, -0.1) is 0 Å². The van der Waals surface area contributed by atoms with Gasteiger partial charge in [-0.3, -0.25) is 19.2 Å². The van der Waals surface area contributed by atoms with Gasteiger partial charge in [0.1, 0.15) is 92.2 Å².